The van der Waals surface area contributed by atoms with Gasteiger partial charge in [-0.25, -0.2) is 4.98 Å². The lowest BCUT2D eigenvalue weighted by molar-refractivity contribution is 0.243. The van der Waals surface area contributed by atoms with E-state index in [4.69, 9.17) is 10.7 Å². The molecule has 1 aromatic carbocycles. The zero-order valence-corrected chi connectivity index (χ0v) is 12.7. The molecule has 0 radical (unpaired) electrons. The van der Waals surface area contributed by atoms with Crippen LogP contribution in [0, 0.1) is 0 Å². The standard InChI is InChI=1S/C16H21N3S/c1-2-4-16-18-13(11-20-16)10-19-8-7-14-12(9-19)5-3-6-15(14)17/h3,5-6,11H,2,4,7-10,17H2,1H3. The number of rotatable bonds is 4. The van der Waals surface area contributed by atoms with Gasteiger partial charge in [-0.15, -0.1) is 11.3 Å². The van der Waals surface area contributed by atoms with E-state index in [1.54, 1.807) is 11.3 Å². The van der Waals surface area contributed by atoms with Gasteiger partial charge in [-0.2, -0.15) is 0 Å². The molecule has 1 aliphatic heterocycles. The third-order valence-electron chi connectivity index (χ3n) is 3.83. The van der Waals surface area contributed by atoms with E-state index in [2.05, 4.69) is 29.3 Å². The second kappa shape index (κ2) is 5.94. The fourth-order valence-corrected chi connectivity index (χ4v) is 3.70. The van der Waals surface area contributed by atoms with Crippen molar-refractivity contribution in [2.75, 3.05) is 12.3 Å². The summed E-state index contributed by atoms with van der Waals surface area (Å²) in [7, 11) is 0. The van der Waals surface area contributed by atoms with E-state index in [9.17, 15) is 0 Å². The highest BCUT2D eigenvalue weighted by atomic mass is 32.1. The minimum atomic E-state index is 0.945. The molecule has 0 atom stereocenters. The fourth-order valence-electron chi connectivity index (χ4n) is 2.81. The number of nitrogens with zero attached hydrogens (tertiary/aromatic N) is 2. The van der Waals surface area contributed by atoms with Crippen LogP contribution in [0.2, 0.25) is 0 Å². The minimum absolute atomic E-state index is 0.945. The van der Waals surface area contributed by atoms with Crippen molar-refractivity contribution in [3.05, 3.63) is 45.4 Å². The minimum Gasteiger partial charge on any atom is -0.398 e. The molecule has 1 aliphatic rings. The maximum Gasteiger partial charge on any atom is 0.0928 e. The van der Waals surface area contributed by atoms with Gasteiger partial charge < -0.3 is 5.73 Å². The number of nitrogen functional groups attached to an aromatic ring is 1. The number of fused-ring (bicyclic) bond motifs is 1. The molecule has 3 nitrogen and oxygen atoms in total. The zero-order valence-electron chi connectivity index (χ0n) is 11.9. The average molecular weight is 287 g/mol. The molecule has 0 aliphatic carbocycles. The van der Waals surface area contributed by atoms with Crippen LogP contribution in [-0.2, 0) is 25.9 Å². The lowest BCUT2D eigenvalue weighted by atomic mass is 9.98. The summed E-state index contributed by atoms with van der Waals surface area (Å²) in [6.07, 6.45) is 3.32. The number of benzene rings is 1. The first kappa shape index (κ1) is 13.6. The highest BCUT2D eigenvalue weighted by Crippen LogP contribution is 2.25. The Labute approximate surface area is 124 Å². The molecule has 2 heterocycles. The van der Waals surface area contributed by atoms with E-state index < -0.39 is 0 Å². The smallest absolute Gasteiger partial charge is 0.0928 e. The number of anilines is 1. The molecule has 0 saturated carbocycles. The van der Waals surface area contributed by atoms with Crippen molar-refractivity contribution in [1.82, 2.24) is 9.88 Å². The summed E-state index contributed by atoms with van der Waals surface area (Å²) in [5.74, 6) is 0. The van der Waals surface area contributed by atoms with Crippen molar-refractivity contribution in [2.45, 2.75) is 39.3 Å². The van der Waals surface area contributed by atoms with Crippen LogP contribution in [0.4, 0.5) is 5.69 Å². The number of aromatic nitrogens is 1. The number of aryl methyl sites for hydroxylation is 1. The van der Waals surface area contributed by atoms with Crippen LogP contribution in [0.1, 0.15) is 35.2 Å². The van der Waals surface area contributed by atoms with Gasteiger partial charge in [0.1, 0.15) is 0 Å². The summed E-state index contributed by atoms with van der Waals surface area (Å²) in [6.45, 7) is 5.21. The SMILES string of the molecule is CCCc1nc(CN2CCc3c(N)cccc3C2)cs1. The van der Waals surface area contributed by atoms with Gasteiger partial charge in [0.2, 0.25) is 0 Å². The Morgan fingerprint density at radius 2 is 2.30 bits per heavy atom. The molecule has 0 fully saturated rings. The lowest BCUT2D eigenvalue weighted by Gasteiger charge is -2.28. The van der Waals surface area contributed by atoms with E-state index in [1.165, 1.54) is 28.2 Å². The van der Waals surface area contributed by atoms with Gasteiger partial charge in [0.05, 0.1) is 10.7 Å². The Balaban J connectivity index is 1.68. The summed E-state index contributed by atoms with van der Waals surface area (Å²) >= 11 is 1.79. The van der Waals surface area contributed by atoms with Crippen molar-refractivity contribution in [2.24, 2.45) is 0 Å². The largest absolute Gasteiger partial charge is 0.398 e. The van der Waals surface area contributed by atoms with Crippen LogP contribution in [0.3, 0.4) is 0 Å². The summed E-state index contributed by atoms with van der Waals surface area (Å²) in [6, 6.07) is 6.26. The first-order valence-electron chi connectivity index (χ1n) is 7.28. The summed E-state index contributed by atoms with van der Waals surface area (Å²) in [5, 5.41) is 3.48. The first-order valence-corrected chi connectivity index (χ1v) is 8.16. The monoisotopic (exact) mass is 287 g/mol. The van der Waals surface area contributed by atoms with Crippen LogP contribution < -0.4 is 5.73 Å². The molecule has 0 unspecified atom stereocenters. The topological polar surface area (TPSA) is 42.2 Å². The lowest BCUT2D eigenvalue weighted by Crippen LogP contribution is -2.30. The van der Waals surface area contributed by atoms with Gasteiger partial charge in [-0.1, -0.05) is 19.1 Å². The molecule has 20 heavy (non-hydrogen) atoms. The molecule has 2 aromatic rings. The molecule has 0 amide bonds. The van der Waals surface area contributed by atoms with Gasteiger partial charge in [0.25, 0.3) is 0 Å². The number of nitrogens with two attached hydrogens (primary N) is 1. The second-order valence-corrected chi connectivity index (χ2v) is 6.37. The molecule has 2 N–H and O–H groups in total. The average Bonchev–Trinajstić information content (AvgIpc) is 2.87. The van der Waals surface area contributed by atoms with Crippen LogP contribution in [-0.4, -0.2) is 16.4 Å². The summed E-state index contributed by atoms with van der Waals surface area (Å²) in [5.41, 5.74) is 10.9. The van der Waals surface area contributed by atoms with E-state index >= 15 is 0 Å². The highest BCUT2D eigenvalue weighted by molar-refractivity contribution is 7.09. The van der Waals surface area contributed by atoms with Crippen LogP contribution >= 0.6 is 11.3 Å². The van der Waals surface area contributed by atoms with Gasteiger partial charge in [0.15, 0.2) is 0 Å². The van der Waals surface area contributed by atoms with Gasteiger partial charge in [0, 0.05) is 30.7 Å². The van der Waals surface area contributed by atoms with Crippen molar-refractivity contribution >= 4 is 17.0 Å². The maximum absolute atomic E-state index is 6.05. The Morgan fingerprint density at radius 3 is 3.15 bits per heavy atom. The Kier molecular flexibility index (Phi) is 4.03. The van der Waals surface area contributed by atoms with E-state index in [1.807, 2.05) is 6.07 Å². The Morgan fingerprint density at radius 1 is 1.40 bits per heavy atom. The molecule has 0 saturated heterocycles. The number of thiazole rings is 1. The predicted octanol–water partition coefficient (Wildman–Crippen LogP) is 3.24. The molecular formula is C16H21N3S. The predicted molar refractivity (Wildman–Crippen MR) is 84.8 cm³/mol. The van der Waals surface area contributed by atoms with Crippen LogP contribution in [0.5, 0.6) is 0 Å². The third-order valence-corrected chi connectivity index (χ3v) is 4.79. The molecule has 1 aromatic heterocycles. The number of hydrogen-bond acceptors (Lipinski definition) is 4. The van der Waals surface area contributed by atoms with Crippen molar-refractivity contribution in [3.8, 4) is 0 Å². The molecule has 0 bridgehead atoms. The van der Waals surface area contributed by atoms with E-state index in [-0.39, 0.29) is 0 Å². The Hall–Kier alpha value is -1.39. The van der Waals surface area contributed by atoms with Crippen molar-refractivity contribution < 1.29 is 0 Å². The normalized spacial score (nSPS) is 15.2. The van der Waals surface area contributed by atoms with E-state index in [0.717, 1.165) is 38.2 Å². The summed E-state index contributed by atoms with van der Waals surface area (Å²) < 4.78 is 0. The van der Waals surface area contributed by atoms with Crippen LogP contribution in [0.25, 0.3) is 0 Å². The number of hydrogen-bond donors (Lipinski definition) is 1. The third kappa shape index (κ3) is 2.86. The highest BCUT2D eigenvalue weighted by Gasteiger charge is 2.18. The van der Waals surface area contributed by atoms with E-state index in [0.29, 0.717) is 0 Å². The molecule has 0 spiro atoms. The van der Waals surface area contributed by atoms with Gasteiger partial charge in [-0.05, 0) is 36.5 Å². The summed E-state index contributed by atoms with van der Waals surface area (Å²) in [4.78, 5) is 7.18. The van der Waals surface area contributed by atoms with Gasteiger partial charge in [-0.3, -0.25) is 4.90 Å². The van der Waals surface area contributed by atoms with Crippen LogP contribution in [0.15, 0.2) is 23.6 Å². The molecular weight excluding hydrogens is 266 g/mol. The van der Waals surface area contributed by atoms with Gasteiger partial charge >= 0.3 is 0 Å². The fraction of sp³-hybridized carbons (Fsp3) is 0.438. The van der Waals surface area contributed by atoms with Crippen molar-refractivity contribution in [3.63, 3.8) is 0 Å². The quantitative estimate of drug-likeness (QED) is 0.878. The first-order chi connectivity index (χ1) is 9.76. The molecule has 4 heteroatoms. The second-order valence-electron chi connectivity index (χ2n) is 5.43. The maximum atomic E-state index is 6.05. The zero-order chi connectivity index (χ0) is 13.9. The molecule has 3 rings (SSSR count). The molecule has 106 valence electrons. The van der Waals surface area contributed by atoms with Crippen molar-refractivity contribution in [1.29, 1.82) is 0 Å². The Bertz CT molecular complexity index is 591.